The maximum Gasteiger partial charge on any atom is 3.00 e. The number of hydrogen-bond acceptors (Lipinski definition) is 3. The minimum Gasteiger partial charge on any atom is -0.907 e. The molecule has 0 saturated carbocycles. The van der Waals surface area contributed by atoms with Crippen molar-refractivity contribution in [3.63, 3.8) is 0 Å². The zero-order chi connectivity index (χ0) is 3.58. The van der Waals surface area contributed by atoms with Crippen molar-refractivity contribution in [2.75, 3.05) is 0 Å². The Morgan fingerprint density at radius 3 is 1.00 bits per heavy atom. The molecule has 30 valence electrons. The van der Waals surface area contributed by atoms with E-state index in [0.717, 1.165) is 0 Å². The van der Waals surface area contributed by atoms with Gasteiger partial charge in [-0.25, -0.2) is 0 Å². The molecule has 6 heteroatoms. The molecule has 0 aromatic rings. The molecule has 0 heterocycles. The summed E-state index contributed by atoms with van der Waals surface area (Å²) in [5.41, 5.74) is 0. The topological polar surface area (TPSA) is 69.2 Å². The molecular weight excluding hydrogens is 138 g/mol. The van der Waals surface area contributed by atoms with E-state index in [-0.39, 0.29) is 46.6 Å². The second kappa shape index (κ2) is 9.68. The molecule has 0 rings (SSSR count). The molecule has 0 aliphatic heterocycles. The Morgan fingerprint density at radius 1 is 1.00 bits per heavy atom. The van der Waals surface area contributed by atoms with E-state index in [1.807, 2.05) is 0 Å². The number of hydrogen-bond donors (Lipinski definition) is 0. The standard InChI is InChI=1S/BO3.Fe.Na/c2-1(3)4;;/q-3;+3;. The van der Waals surface area contributed by atoms with Crippen LogP contribution in [0.2, 0.25) is 0 Å². The summed E-state index contributed by atoms with van der Waals surface area (Å²) in [5.74, 6) is 0. The summed E-state index contributed by atoms with van der Waals surface area (Å²) in [6.45, 7) is 0. The van der Waals surface area contributed by atoms with Crippen LogP contribution in [-0.4, -0.2) is 36.9 Å². The summed E-state index contributed by atoms with van der Waals surface area (Å²) in [6, 6.07) is 0. The molecule has 0 N–H and O–H groups in total. The van der Waals surface area contributed by atoms with Crippen LogP contribution in [-0.2, 0) is 17.1 Å². The van der Waals surface area contributed by atoms with Gasteiger partial charge in [0.15, 0.2) is 0 Å². The van der Waals surface area contributed by atoms with Crippen molar-refractivity contribution < 1.29 is 32.1 Å². The molecule has 0 aromatic carbocycles. The van der Waals surface area contributed by atoms with Gasteiger partial charge in [-0.2, -0.15) is 0 Å². The zero-order valence-electron chi connectivity index (χ0n) is 3.16. The molecule has 0 aliphatic carbocycles. The summed E-state index contributed by atoms with van der Waals surface area (Å²) in [7, 11) is -2.92. The van der Waals surface area contributed by atoms with E-state index < -0.39 is 7.32 Å². The van der Waals surface area contributed by atoms with Crippen LogP contribution in [0, 0.1) is 0 Å². The largest absolute Gasteiger partial charge is 3.00 e. The van der Waals surface area contributed by atoms with Crippen LogP contribution in [0.1, 0.15) is 0 Å². The van der Waals surface area contributed by atoms with Gasteiger partial charge >= 0.3 is 17.1 Å². The van der Waals surface area contributed by atoms with Crippen molar-refractivity contribution in [2.24, 2.45) is 0 Å². The fraction of sp³-hybridized carbons (Fsp3) is 0. The summed E-state index contributed by atoms with van der Waals surface area (Å²) < 4.78 is 0. The maximum absolute atomic E-state index is 8.42. The van der Waals surface area contributed by atoms with Crippen LogP contribution in [0.4, 0.5) is 0 Å². The Kier molecular flexibility index (Phi) is 25.3. The molecule has 0 fully saturated rings. The van der Waals surface area contributed by atoms with Gasteiger partial charge in [0, 0.05) is 29.6 Å². The molecule has 0 amide bonds. The van der Waals surface area contributed by atoms with Gasteiger partial charge in [-0.15, -0.1) is 0 Å². The Morgan fingerprint density at radius 2 is 1.00 bits per heavy atom. The third-order valence-corrected chi connectivity index (χ3v) is 0. The second-order valence-corrected chi connectivity index (χ2v) is 0.289. The summed E-state index contributed by atoms with van der Waals surface area (Å²) in [4.78, 5) is 0. The van der Waals surface area contributed by atoms with Gasteiger partial charge in [0.2, 0.25) is 0 Å². The Labute approximate surface area is 68.7 Å². The second-order valence-electron chi connectivity index (χ2n) is 0.289. The molecule has 0 spiro atoms. The third-order valence-electron chi connectivity index (χ3n) is 0. The first-order valence-corrected chi connectivity index (χ1v) is 0.707. The van der Waals surface area contributed by atoms with E-state index in [4.69, 9.17) is 15.1 Å². The normalized spacial score (nSPS) is 4.50. The van der Waals surface area contributed by atoms with Crippen LogP contribution >= 0.6 is 0 Å². The molecule has 0 aromatic heterocycles. The molecular formula is BFeNaO3. The molecule has 0 saturated heterocycles. The van der Waals surface area contributed by atoms with E-state index >= 15 is 0 Å². The van der Waals surface area contributed by atoms with Gasteiger partial charge < -0.3 is 15.1 Å². The van der Waals surface area contributed by atoms with Crippen molar-refractivity contribution in [1.82, 2.24) is 0 Å². The van der Waals surface area contributed by atoms with Crippen LogP contribution < -0.4 is 15.1 Å². The van der Waals surface area contributed by atoms with Crippen LogP contribution in [0.15, 0.2) is 0 Å². The zero-order valence-corrected chi connectivity index (χ0v) is 6.26. The van der Waals surface area contributed by atoms with Crippen molar-refractivity contribution >= 4 is 36.9 Å². The van der Waals surface area contributed by atoms with Gasteiger partial charge in [-0.05, 0) is 0 Å². The minimum absolute atomic E-state index is 0. The average Bonchev–Trinajstić information content (AvgIpc) is 0.811. The quantitative estimate of drug-likeness (QED) is 0.317. The third kappa shape index (κ3) is 50.8. The number of rotatable bonds is 0. The Bertz CT molecular complexity index is 15.5. The van der Waals surface area contributed by atoms with E-state index in [0.29, 0.717) is 0 Å². The average molecular weight is 138 g/mol. The predicted octanol–water partition coefficient (Wildman–Crippen LogP) is -4.33. The molecule has 0 unspecified atom stereocenters. The first-order chi connectivity index (χ1) is 1.73. The fourth-order valence-electron chi connectivity index (χ4n) is 0. The van der Waals surface area contributed by atoms with Crippen molar-refractivity contribution in [2.45, 2.75) is 0 Å². The van der Waals surface area contributed by atoms with Gasteiger partial charge in [0.1, 0.15) is 0 Å². The van der Waals surface area contributed by atoms with Crippen molar-refractivity contribution in [1.29, 1.82) is 0 Å². The minimum atomic E-state index is -2.92. The summed E-state index contributed by atoms with van der Waals surface area (Å²) >= 11 is 0. The first kappa shape index (κ1) is 15.7. The van der Waals surface area contributed by atoms with Crippen molar-refractivity contribution in [3.8, 4) is 0 Å². The van der Waals surface area contributed by atoms with Gasteiger partial charge in [0.05, 0.1) is 0 Å². The van der Waals surface area contributed by atoms with Gasteiger partial charge in [-0.1, -0.05) is 0 Å². The van der Waals surface area contributed by atoms with E-state index in [2.05, 4.69) is 0 Å². The first-order valence-electron chi connectivity index (χ1n) is 0.707. The molecule has 0 bridgehead atoms. The molecule has 0 atom stereocenters. The molecule has 3 nitrogen and oxygen atoms in total. The smallest absolute Gasteiger partial charge is 0.907 e. The molecule has 0 aliphatic rings. The predicted molar refractivity (Wildman–Crippen MR) is 11.5 cm³/mol. The van der Waals surface area contributed by atoms with Crippen LogP contribution in [0.25, 0.3) is 0 Å². The monoisotopic (exact) mass is 138 g/mol. The summed E-state index contributed by atoms with van der Waals surface area (Å²) in [6.07, 6.45) is 0. The molecule has 2 radical (unpaired) electrons. The summed E-state index contributed by atoms with van der Waals surface area (Å²) in [5, 5.41) is 25.2. The Hall–Kier alpha value is 1.46. The van der Waals surface area contributed by atoms with Crippen LogP contribution in [0.3, 0.4) is 0 Å². The van der Waals surface area contributed by atoms with E-state index in [1.54, 1.807) is 0 Å². The SMILES string of the molecule is [Fe+3].[Na].[O-]B([O-])[O-]. The van der Waals surface area contributed by atoms with Gasteiger partial charge in [0.25, 0.3) is 0 Å². The fourth-order valence-corrected chi connectivity index (χ4v) is 0. The van der Waals surface area contributed by atoms with E-state index in [9.17, 15) is 0 Å². The van der Waals surface area contributed by atoms with Gasteiger partial charge in [-0.3, -0.25) is 7.32 Å². The van der Waals surface area contributed by atoms with Crippen LogP contribution in [0.5, 0.6) is 0 Å². The van der Waals surface area contributed by atoms with E-state index in [1.165, 1.54) is 0 Å². The molecule has 6 heavy (non-hydrogen) atoms. The maximum atomic E-state index is 8.42. The van der Waals surface area contributed by atoms with Crippen molar-refractivity contribution in [3.05, 3.63) is 0 Å². The Balaban J connectivity index is -0.0000000450.